The Bertz CT molecular complexity index is 1960. The summed E-state index contributed by atoms with van der Waals surface area (Å²) in [7, 11) is 3.13. The highest BCUT2D eigenvalue weighted by Crippen LogP contribution is 2.36. The number of hydrogen-bond acceptors (Lipinski definition) is 8. The summed E-state index contributed by atoms with van der Waals surface area (Å²) < 4.78 is 18.5. The number of carbonyl (C=O) groups excluding carboxylic acids is 1. The molecular weight excluding hydrogens is 564 g/mol. The summed E-state index contributed by atoms with van der Waals surface area (Å²) in [6.07, 6.45) is 4.93. The summed E-state index contributed by atoms with van der Waals surface area (Å²) >= 11 is 1.54. The second-order valence-corrected chi connectivity index (χ2v) is 10.5. The number of benzene rings is 2. The van der Waals surface area contributed by atoms with Crippen LogP contribution in [0.2, 0.25) is 0 Å². The van der Waals surface area contributed by atoms with Crippen molar-refractivity contribution in [2.45, 2.75) is 6.54 Å². The summed E-state index contributed by atoms with van der Waals surface area (Å²) in [5.41, 5.74) is 2.05. The standard InChI is InChI=1S/C33H26N4O5S/c1-40-28-16-24-26(17-29(28)41-2)34-13-12-27(24)42-23-10-11-31(35-18-23)36-32(38)25-15-22(30-9-6-14-43-30)20-37(33(25)39)19-21-7-4-3-5-8-21/h3-18,20H,19H2,1-2H3,(H,35,36,38). The van der Waals surface area contributed by atoms with Crippen LogP contribution in [0, 0.1) is 0 Å². The number of fused-ring (bicyclic) bond motifs is 1. The number of thiophene rings is 1. The van der Waals surface area contributed by atoms with Gasteiger partial charge in [-0.1, -0.05) is 36.4 Å². The van der Waals surface area contributed by atoms with Gasteiger partial charge >= 0.3 is 0 Å². The number of amides is 1. The number of hydrogen-bond donors (Lipinski definition) is 1. The molecule has 0 unspecified atom stereocenters. The van der Waals surface area contributed by atoms with Crippen molar-refractivity contribution in [1.82, 2.24) is 14.5 Å². The normalized spacial score (nSPS) is 10.8. The molecule has 0 bridgehead atoms. The molecule has 0 aliphatic rings. The molecule has 1 N–H and O–H groups in total. The van der Waals surface area contributed by atoms with Crippen LogP contribution >= 0.6 is 11.3 Å². The summed E-state index contributed by atoms with van der Waals surface area (Å²) in [5.74, 6) is 1.84. The van der Waals surface area contributed by atoms with E-state index in [2.05, 4.69) is 15.3 Å². The zero-order valence-electron chi connectivity index (χ0n) is 23.3. The van der Waals surface area contributed by atoms with Gasteiger partial charge in [0.05, 0.1) is 32.5 Å². The molecule has 6 rings (SSSR count). The maximum Gasteiger partial charge on any atom is 0.263 e. The molecule has 43 heavy (non-hydrogen) atoms. The van der Waals surface area contributed by atoms with Gasteiger partial charge < -0.3 is 24.1 Å². The van der Waals surface area contributed by atoms with Crippen LogP contribution in [0.4, 0.5) is 5.82 Å². The minimum atomic E-state index is -0.549. The summed E-state index contributed by atoms with van der Waals surface area (Å²) in [4.78, 5) is 36.5. The van der Waals surface area contributed by atoms with Gasteiger partial charge in [-0.15, -0.1) is 11.3 Å². The van der Waals surface area contributed by atoms with Gasteiger partial charge in [0.15, 0.2) is 11.5 Å². The molecule has 0 saturated heterocycles. The van der Waals surface area contributed by atoms with Gasteiger partial charge in [-0.3, -0.25) is 14.6 Å². The summed E-state index contributed by atoms with van der Waals surface area (Å²) in [5, 5.41) is 5.44. The van der Waals surface area contributed by atoms with E-state index in [4.69, 9.17) is 14.2 Å². The van der Waals surface area contributed by atoms with Gasteiger partial charge in [-0.25, -0.2) is 4.98 Å². The Balaban J connectivity index is 1.24. The van der Waals surface area contributed by atoms with E-state index in [1.54, 1.807) is 67.6 Å². The number of ether oxygens (including phenoxy) is 3. The number of nitrogens with zero attached hydrogens (tertiary/aromatic N) is 3. The van der Waals surface area contributed by atoms with Crippen molar-refractivity contribution in [3.8, 4) is 33.4 Å². The molecule has 0 aliphatic carbocycles. The lowest BCUT2D eigenvalue weighted by Gasteiger charge is -2.13. The average molecular weight is 591 g/mol. The van der Waals surface area contributed by atoms with E-state index in [0.29, 0.717) is 35.1 Å². The lowest BCUT2D eigenvalue weighted by Crippen LogP contribution is -2.29. The molecule has 0 spiro atoms. The zero-order valence-corrected chi connectivity index (χ0v) is 24.1. The lowest BCUT2D eigenvalue weighted by molar-refractivity contribution is 0.102. The fraction of sp³-hybridized carbons (Fsp3) is 0.0909. The number of rotatable bonds is 9. The van der Waals surface area contributed by atoms with Crippen molar-refractivity contribution in [2.75, 3.05) is 19.5 Å². The third kappa shape index (κ3) is 5.95. The van der Waals surface area contributed by atoms with Gasteiger partial charge in [0, 0.05) is 34.3 Å². The minimum absolute atomic E-state index is 0.0246. The van der Waals surface area contributed by atoms with Gasteiger partial charge in [0.2, 0.25) is 0 Å². The minimum Gasteiger partial charge on any atom is -0.493 e. The van der Waals surface area contributed by atoms with Gasteiger partial charge in [0.1, 0.15) is 22.9 Å². The Morgan fingerprint density at radius 1 is 0.907 bits per heavy atom. The SMILES string of the molecule is COc1cc2nccc(Oc3ccc(NC(=O)c4cc(-c5cccs5)cn(Cc5ccccc5)c4=O)nc3)c2cc1OC. The second kappa shape index (κ2) is 12.2. The van der Waals surface area contributed by atoms with E-state index in [1.165, 1.54) is 17.5 Å². The zero-order chi connectivity index (χ0) is 29.8. The van der Waals surface area contributed by atoms with Crippen molar-refractivity contribution in [3.05, 3.63) is 124 Å². The predicted molar refractivity (Wildman–Crippen MR) is 167 cm³/mol. The molecule has 214 valence electrons. The van der Waals surface area contributed by atoms with Crippen LogP contribution in [-0.2, 0) is 6.54 Å². The number of carbonyl (C=O) groups is 1. The Morgan fingerprint density at radius 2 is 1.72 bits per heavy atom. The molecule has 0 aliphatic heterocycles. The topological polar surface area (TPSA) is 105 Å². The number of nitrogens with one attached hydrogen (secondary N) is 1. The van der Waals surface area contributed by atoms with Crippen LogP contribution in [0.1, 0.15) is 15.9 Å². The number of anilines is 1. The number of aromatic nitrogens is 3. The van der Waals surface area contributed by atoms with Crippen LogP contribution in [0.5, 0.6) is 23.0 Å². The Hall–Kier alpha value is -5.48. The number of methoxy groups -OCH3 is 2. The van der Waals surface area contributed by atoms with E-state index < -0.39 is 11.5 Å². The Kier molecular flexibility index (Phi) is 7.84. The first kappa shape index (κ1) is 27.7. The fourth-order valence-electron chi connectivity index (χ4n) is 4.64. The van der Waals surface area contributed by atoms with E-state index >= 15 is 0 Å². The highest BCUT2D eigenvalue weighted by Gasteiger charge is 2.17. The number of pyridine rings is 3. The quantitative estimate of drug-likeness (QED) is 0.202. The van der Waals surface area contributed by atoms with Crippen LogP contribution in [-0.4, -0.2) is 34.7 Å². The van der Waals surface area contributed by atoms with E-state index in [-0.39, 0.29) is 11.4 Å². The smallest absolute Gasteiger partial charge is 0.263 e. The summed E-state index contributed by atoms with van der Waals surface area (Å²) in [6, 6.07) is 23.8. The largest absolute Gasteiger partial charge is 0.493 e. The molecule has 0 fully saturated rings. The van der Waals surface area contributed by atoms with E-state index in [9.17, 15) is 9.59 Å². The lowest BCUT2D eigenvalue weighted by atomic mass is 10.1. The van der Waals surface area contributed by atoms with Crippen molar-refractivity contribution < 1.29 is 19.0 Å². The highest BCUT2D eigenvalue weighted by atomic mass is 32.1. The molecule has 0 radical (unpaired) electrons. The molecule has 4 aromatic heterocycles. The maximum absolute atomic E-state index is 13.4. The van der Waals surface area contributed by atoms with Crippen LogP contribution in [0.25, 0.3) is 21.3 Å². The van der Waals surface area contributed by atoms with Crippen LogP contribution < -0.4 is 25.1 Å². The molecule has 6 aromatic rings. The molecule has 4 heterocycles. The molecule has 0 atom stereocenters. The third-order valence-electron chi connectivity index (χ3n) is 6.74. The monoisotopic (exact) mass is 590 g/mol. The first-order valence-electron chi connectivity index (χ1n) is 13.3. The van der Waals surface area contributed by atoms with Crippen LogP contribution in [0.15, 0.2) is 108 Å². The Labute approximate surface area is 251 Å². The first-order chi connectivity index (χ1) is 21.0. The molecular formula is C33H26N4O5S. The Morgan fingerprint density at radius 3 is 2.44 bits per heavy atom. The van der Waals surface area contributed by atoms with Gasteiger partial charge in [-0.2, -0.15) is 0 Å². The van der Waals surface area contributed by atoms with Crippen molar-refractivity contribution in [2.24, 2.45) is 0 Å². The summed E-state index contributed by atoms with van der Waals surface area (Å²) in [6.45, 7) is 0.339. The first-order valence-corrected chi connectivity index (χ1v) is 14.2. The van der Waals surface area contributed by atoms with Crippen molar-refractivity contribution >= 4 is 34.0 Å². The second-order valence-electron chi connectivity index (χ2n) is 9.51. The molecule has 10 heteroatoms. The van der Waals surface area contributed by atoms with Crippen molar-refractivity contribution in [3.63, 3.8) is 0 Å². The molecule has 1 amide bonds. The van der Waals surface area contributed by atoms with Crippen molar-refractivity contribution in [1.29, 1.82) is 0 Å². The third-order valence-corrected chi connectivity index (χ3v) is 7.66. The highest BCUT2D eigenvalue weighted by molar-refractivity contribution is 7.13. The molecule has 2 aromatic carbocycles. The van der Waals surface area contributed by atoms with Gasteiger partial charge in [-0.05, 0) is 47.3 Å². The van der Waals surface area contributed by atoms with E-state index in [0.717, 1.165) is 21.4 Å². The predicted octanol–water partition coefficient (Wildman–Crippen LogP) is 6.63. The molecule has 0 saturated carbocycles. The van der Waals surface area contributed by atoms with Crippen LogP contribution in [0.3, 0.4) is 0 Å². The maximum atomic E-state index is 13.4. The fourth-order valence-corrected chi connectivity index (χ4v) is 5.34. The van der Waals surface area contributed by atoms with E-state index in [1.807, 2.05) is 47.8 Å². The van der Waals surface area contributed by atoms with Gasteiger partial charge in [0.25, 0.3) is 11.5 Å². The average Bonchev–Trinajstić information content (AvgIpc) is 3.58. The molecule has 9 nitrogen and oxygen atoms in total.